The monoisotopic (exact) mass is 434 g/mol. The highest BCUT2D eigenvalue weighted by Gasteiger charge is 2.24. The zero-order valence-corrected chi connectivity index (χ0v) is 18.1. The van der Waals surface area contributed by atoms with E-state index in [1.165, 1.54) is 0 Å². The van der Waals surface area contributed by atoms with Gasteiger partial charge in [-0.3, -0.25) is 14.8 Å². The molecular weight excluding hydrogens is 412 g/mol. The number of nitrogens with one attached hydrogen (secondary N) is 2. The van der Waals surface area contributed by atoms with Crippen molar-refractivity contribution in [3.8, 4) is 28.1 Å². The molecule has 1 amide bonds. The number of aromatic nitrogens is 3. The molecule has 0 aliphatic heterocycles. The van der Waals surface area contributed by atoms with Crippen molar-refractivity contribution in [3.63, 3.8) is 0 Å². The Morgan fingerprint density at radius 2 is 1.88 bits per heavy atom. The predicted octanol–water partition coefficient (Wildman–Crippen LogP) is 5.35. The average molecular weight is 434 g/mol. The smallest absolute Gasteiger partial charge is 0.251 e. The molecule has 1 fully saturated rings. The molecule has 6 rings (SSSR count). The normalized spacial score (nSPS) is 13.4. The number of H-pyrrole nitrogens is 1. The van der Waals surface area contributed by atoms with Crippen LogP contribution in [0.3, 0.4) is 0 Å². The number of hydrogen-bond acceptors (Lipinski definition) is 4. The molecule has 162 valence electrons. The van der Waals surface area contributed by atoms with Crippen molar-refractivity contribution in [2.24, 2.45) is 0 Å². The first-order valence-electron chi connectivity index (χ1n) is 11.0. The summed E-state index contributed by atoms with van der Waals surface area (Å²) in [7, 11) is 1.68. The lowest BCUT2D eigenvalue weighted by Gasteiger charge is -2.12. The van der Waals surface area contributed by atoms with Gasteiger partial charge in [-0.1, -0.05) is 12.1 Å². The van der Waals surface area contributed by atoms with E-state index in [0.29, 0.717) is 11.6 Å². The molecule has 3 aromatic heterocycles. The van der Waals surface area contributed by atoms with Gasteiger partial charge in [0.05, 0.1) is 24.5 Å². The molecule has 5 aromatic rings. The van der Waals surface area contributed by atoms with E-state index >= 15 is 0 Å². The Bertz CT molecular complexity index is 1490. The molecule has 3 heterocycles. The van der Waals surface area contributed by atoms with Crippen LogP contribution in [0.2, 0.25) is 0 Å². The van der Waals surface area contributed by atoms with Gasteiger partial charge >= 0.3 is 0 Å². The van der Waals surface area contributed by atoms with E-state index in [1.807, 2.05) is 60.9 Å². The standard InChI is InChI=1S/C27H22N4O2/c1-33-24-11-10-21-26(20-13-22(29-15-23(20)31-21)18-3-2-12-28-14-18)25(24)16-4-6-17(7-5-16)27(32)30-19-8-9-19/h2-7,10-15,19,31H,8-9H2,1H3,(H,30,32). The predicted molar refractivity (Wildman–Crippen MR) is 129 cm³/mol. The Morgan fingerprint density at radius 1 is 1.03 bits per heavy atom. The average Bonchev–Trinajstić information content (AvgIpc) is 3.61. The number of carbonyl (C=O) groups excluding carboxylic acids is 1. The fraction of sp³-hybridized carbons (Fsp3) is 0.148. The van der Waals surface area contributed by atoms with Gasteiger partial charge in [-0.15, -0.1) is 0 Å². The number of methoxy groups -OCH3 is 1. The van der Waals surface area contributed by atoms with Crippen LogP contribution in [0.15, 0.2) is 73.2 Å². The first-order chi connectivity index (χ1) is 16.2. The maximum atomic E-state index is 12.4. The zero-order chi connectivity index (χ0) is 22.4. The van der Waals surface area contributed by atoms with Crippen LogP contribution in [0.4, 0.5) is 0 Å². The summed E-state index contributed by atoms with van der Waals surface area (Å²) in [4.78, 5) is 24.8. The van der Waals surface area contributed by atoms with Gasteiger partial charge in [0.25, 0.3) is 5.91 Å². The molecule has 0 radical (unpaired) electrons. The molecular formula is C27H22N4O2. The van der Waals surface area contributed by atoms with E-state index in [9.17, 15) is 4.79 Å². The first-order valence-corrected chi connectivity index (χ1v) is 11.0. The minimum atomic E-state index is -0.0199. The molecule has 6 nitrogen and oxygen atoms in total. The van der Waals surface area contributed by atoms with Crippen LogP contribution in [-0.4, -0.2) is 34.0 Å². The van der Waals surface area contributed by atoms with Gasteiger partial charge in [-0.25, -0.2) is 0 Å². The molecule has 0 spiro atoms. The minimum absolute atomic E-state index is 0.0199. The molecule has 2 aromatic carbocycles. The third kappa shape index (κ3) is 3.49. The van der Waals surface area contributed by atoms with Crippen LogP contribution >= 0.6 is 0 Å². The van der Waals surface area contributed by atoms with E-state index in [1.54, 1.807) is 13.3 Å². The van der Waals surface area contributed by atoms with Crippen molar-refractivity contribution in [2.75, 3.05) is 7.11 Å². The Morgan fingerprint density at radius 3 is 2.61 bits per heavy atom. The number of ether oxygens (including phenoxy) is 1. The number of aromatic amines is 1. The van der Waals surface area contributed by atoms with Crippen LogP contribution in [-0.2, 0) is 0 Å². The SMILES string of the molecule is COc1ccc2[nH]c3cnc(-c4cccnc4)cc3c2c1-c1ccc(C(=O)NC2CC2)cc1. The molecule has 0 saturated heterocycles. The van der Waals surface area contributed by atoms with Crippen LogP contribution in [0.1, 0.15) is 23.2 Å². The van der Waals surface area contributed by atoms with Gasteiger partial charge in [0.15, 0.2) is 0 Å². The van der Waals surface area contributed by atoms with Gasteiger partial charge in [-0.05, 0) is 60.9 Å². The number of rotatable bonds is 5. The second-order valence-corrected chi connectivity index (χ2v) is 8.37. The Hall–Kier alpha value is -4.19. The largest absolute Gasteiger partial charge is 0.496 e. The fourth-order valence-corrected chi connectivity index (χ4v) is 4.29. The zero-order valence-electron chi connectivity index (χ0n) is 18.1. The Balaban J connectivity index is 1.51. The van der Waals surface area contributed by atoms with Crippen LogP contribution in [0, 0.1) is 0 Å². The summed E-state index contributed by atoms with van der Waals surface area (Å²) in [6, 6.07) is 18.1. The number of nitrogens with zero attached hydrogens (tertiary/aromatic N) is 2. The second-order valence-electron chi connectivity index (χ2n) is 8.37. The van der Waals surface area contributed by atoms with Crippen molar-refractivity contribution in [3.05, 3.63) is 78.8 Å². The number of benzene rings is 2. The van der Waals surface area contributed by atoms with E-state index in [0.717, 1.165) is 62.8 Å². The van der Waals surface area contributed by atoms with Crippen molar-refractivity contribution < 1.29 is 9.53 Å². The van der Waals surface area contributed by atoms with E-state index in [4.69, 9.17) is 4.74 Å². The summed E-state index contributed by atoms with van der Waals surface area (Å²) < 4.78 is 5.76. The van der Waals surface area contributed by atoms with Crippen LogP contribution < -0.4 is 10.1 Å². The molecule has 0 atom stereocenters. The van der Waals surface area contributed by atoms with Crippen molar-refractivity contribution in [1.82, 2.24) is 20.3 Å². The molecule has 1 aliphatic carbocycles. The number of pyridine rings is 2. The maximum absolute atomic E-state index is 12.4. The molecule has 1 aliphatic rings. The summed E-state index contributed by atoms with van der Waals surface area (Å²) in [6.07, 6.45) is 7.57. The first kappa shape index (κ1) is 19.5. The highest BCUT2D eigenvalue weighted by molar-refractivity contribution is 6.16. The van der Waals surface area contributed by atoms with E-state index in [-0.39, 0.29) is 5.91 Å². The second kappa shape index (κ2) is 7.74. The fourth-order valence-electron chi connectivity index (χ4n) is 4.29. The highest BCUT2D eigenvalue weighted by Crippen LogP contribution is 2.41. The van der Waals surface area contributed by atoms with E-state index < -0.39 is 0 Å². The number of carbonyl (C=O) groups is 1. The van der Waals surface area contributed by atoms with Gasteiger partial charge in [0.1, 0.15) is 5.75 Å². The number of fused-ring (bicyclic) bond motifs is 3. The molecule has 1 saturated carbocycles. The van der Waals surface area contributed by atoms with Crippen molar-refractivity contribution in [1.29, 1.82) is 0 Å². The number of hydrogen-bond donors (Lipinski definition) is 2. The molecule has 6 heteroatoms. The van der Waals surface area contributed by atoms with Crippen LogP contribution in [0.5, 0.6) is 5.75 Å². The highest BCUT2D eigenvalue weighted by atomic mass is 16.5. The lowest BCUT2D eigenvalue weighted by Crippen LogP contribution is -2.25. The third-order valence-electron chi connectivity index (χ3n) is 6.14. The topological polar surface area (TPSA) is 79.9 Å². The van der Waals surface area contributed by atoms with E-state index in [2.05, 4.69) is 26.3 Å². The Kier molecular flexibility index (Phi) is 4.57. The maximum Gasteiger partial charge on any atom is 0.251 e. The minimum Gasteiger partial charge on any atom is -0.496 e. The summed E-state index contributed by atoms with van der Waals surface area (Å²) in [5.41, 5.74) is 6.41. The van der Waals surface area contributed by atoms with Crippen molar-refractivity contribution in [2.45, 2.75) is 18.9 Å². The lowest BCUT2D eigenvalue weighted by atomic mass is 9.97. The van der Waals surface area contributed by atoms with Crippen molar-refractivity contribution >= 4 is 27.7 Å². The lowest BCUT2D eigenvalue weighted by molar-refractivity contribution is 0.0951. The van der Waals surface area contributed by atoms with Gasteiger partial charge in [0, 0.05) is 51.4 Å². The molecule has 33 heavy (non-hydrogen) atoms. The van der Waals surface area contributed by atoms with Gasteiger partial charge in [-0.2, -0.15) is 0 Å². The molecule has 0 bridgehead atoms. The third-order valence-corrected chi connectivity index (χ3v) is 6.14. The number of amides is 1. The summed E-state index contributed by atoms with van der Waals surface area (Å²) >= 11 is 0. The summed E-state index contributed by atoms with van der Waals surface area (Å²) in [5, 5.41) is 5.16. The summed E-state index contributed by atoms with van der Waals surface area (Å²) in [6.45, 7) is 0. The molecule has 2 N–H and O–H groups in total. The summed E-state index contributed by atoms with van der Waals surface area (Å²) in [5.74, 6) is 0.756. The van der Waals surface area contributed by atoms with Gasteiger partial charge in [0.2, 0.25) is 0 Å². The quantitative estimate of drug-likeness (QED) is 0.391. The van der Waals surface area contributed by atoms with Gasteiger partial charge < -0.3 is 15.0 Å². The van der Waals surface area contributed by atoms with Crippen LogP contribution in [0.25, 0.3) is 44.2 Å². The Labute approximate surface area is 190 Å². The molecule has 0 unspecified atom stereocenters.